The molecule has 12 rings (SSSR count). The topological polar surface area (TPSA) is 36.6 Å². The molecular weight excluding hydrogens is 687 g/mol. The summed E-state index contributed by atoms with van der Waals surface area (Å²) < 4.78 is 13.6. The Labute approximate surface area is 319 Å². The summed E-state index contributed by atoms with van der Waals surface area (Å²) in [5.41, 5.74) is 12.5. The fourth-order valence-corrected chi connectivity index (χ4v) is 9.08. The molecule has 6 nitrogen and oxygen atoms in total. The summed E-state index contributed by atoms with van der Waals surface area (Å²) >= 11 is 0. The minimum absolute atomic E-state index is 0.613. The molecule has 0 radical (unpaired) electrons. The van der Waals surface area contributed by atoms with Gasteiger partial charge in [0.15, 0.2) is 11.4 Å². The monoisotopic (exact) mass is 713 g/mol. The number of furan rings is 1. The van der Waals surface area contributed by atoms with Crippen LogP contribution in [-0.4, -0.2) is 13.7 Å². The Morgan fingerprint density at radius 2 is 0.929 bits per heavy atom. The van der Waals surface area contributed by atoms with Gasteiger partial charge >= 0.3 is 0 Å². The highest BCUT2D eigenvalue weighted by Gasteiger charge is 2.22. The lowest BCUT2D eigenvalue weighted by molar-refractivity contribution is 0.668. The Kier molecular flexibility index (Phi) is 6.10. The van der Waals surface area contributed by atoms with Gasteiger partial charge in [-0.1, -0.05) is 72.8 Å². The zero-order valence-electron chi connectivity index (χ0n) is 29.7. The van der Waals surface area contributed by atoms with E-state index in [0.717, 1.165) is 99.0 Å². The van der Waals surface area contributed by atoms with Gasteiger partial charge in [-0.25, -0.2) is 9.69 Å². The third kappa shape index (κ3) is 4.07. The standard InChI is InChI=1S/C50H27N5O/c1-51-30-16-22-44-39(26-30)35-12-6-8-14-42(35)54(44)33-19-25-47-41(28-33)36-20-18-34(29-48(36)56-47)55-45-23-17-31(52-2)27-40(45)37-21-24-46-49(50(37)55)38-13-7-9-15-43(38)53(46)32-10-4-3-5-11-32/h3-29H. The average Bonchev–Trinajstić information content (AvgIpc) is 3.99. The lowest BCUT2D eigenvalue weighted by Crippen LogP contribution is -1.95. The van der Waals surface area contributed by atoms with Crippen LogP contribution in [0.25, 0.3) is 114 Å². The first kappa shape index (κ1) is 30.4. The third-order valence-electron chi connectivity index (χ3n) is 11.4. The number of aromatic nitrogens is 3. The van der Waals surface area contributed by atoms with Crippen molar-refractivity contribution in [2.24, 2.45) is 0 Å². The van der Waals surface area contributed by atoms with E-state index in [2.05, 4.69) is 151 Å². The van der Waals surface area contributed by atoms with E-state index in [1.807, 2.05) is 36.4 Å². The molecule has 8 aromatic carbocycles. The van der Waals surface area contributed by atoms with Crippen LogP contribution in [0.4, 0.5) is 11.4 Å². The first-order valence-corrected chi connectivity index (χ1v) is 18.5. The molecule has 56 heavy (non-hydrogen) atoms. The molecule has 0 amide bonds. The molecule has 0 aliphatic carbocycles. The van der Waals surface area contributed by atoms with Crippen molar-refractivity contribution in [3.63, 3.8) is 0 Å². The maximum atomic E-state index is 7.83. The number of fused-ring (bicyclic) bond motifs is 13. The summed E-state index contributed by atoms with van der Waals surface area (Å²) in [5, 5.41) is 8.70. The van der Waals surface area contributed by atoms with Crippen molar-refractivity contribution in [2.75, 3.05) is 0 Å². The van der Waals surface area contributed by atoms with E-state index in [1.54, 1.807) is 0 Å². The lowest BCUT2D eigenvalue weighted by atomic mass is 10.1. The Hall–Kier alpha value is -8.06. The van der Waals surface area contributed by atoms with Gasteiger partial charge in [-0.05, 0) is 95.7 Å². The summed E-state index contributed by atoms with van der Waals surface area (Å²) in [4.78, 5) is 7.51. The van der Waals surface area contributed by atoms with Gasteiger partial charge in [-0.2, -0.15) is 0 Å². The summed E-state index contributed by atoms with van der Waals surface area (Å²) in [6, 6.07) is 56.8. The van der Waals surface area contributed by atoms with Crippen LogP contribution in [0.2, 0.25) is 0 Å². The van der Waals surface area contributed by atoms with Crippen LogP contribution in [0.15, 0.2) is 168 Å². The van der Waals surface area contributed by atoms with Crippen LogP contribution in [0.1, 0.15) is 0 Å². The molecule has 0 fully saturated rings. The van der Waals surface area contributed by atoms with E-state index >= 15 is 0 Å². The summed E-state index contributed by atoms with van der Waals surface area (Å²) in [6.45, 7) is 15.4. The van der Waals surface area contributed by atoms with Crippen molar-refractivity contribution >= 4 is 98.7 Å². The third-order valence-corrected chi connectivity index (χ3v) is 11.4. The molecule has 6 heteroatoms. The molecule has 0 aliphatic rings. The maximum Gasteiger partial charge on any atom is 0.188 e. The fourth-order valence-electron chi connectivity index (χ4n) is 9.08. The second-order valence-electron chi connectivity index (χ2n) is 14.3. The quantitative estimate of drug-likeness (QED) is 0.168. The second-order valence-corrected chi connectivity index (χ2v) is 14.3. The summed E-state index contributed by atoms with van der Waals surface area (Å²) in [7, 11) is 0. The van der Waals surface area contributed by atoms with Gasteiger partial charge in [0.2, 0.25) is 0 Å². The molecule has 0 N–H and O–H groups in total. The highest BCUT2D eigenvalue weighted by atomic mass is 16.3. The van der Waals surface area contributed by atoms with E-state index in [1.165, 1.54) is 5.39 Å². The molecule has 0 saturated carbocycles. The Morgan fingerprint density at radius 3 is 1.70 bits per heavy atom. The SMILES string of the molecule is [C-]#[N+]c1ccc2c(c1)c1ccccc1n2-c1ccc2oc3cc(-n4c5ccc([N+]#[C-])cc5c5ccc6c(c7ccccc7n6-c6ccccc6)c54)ccc3c2c1. The van der Waals surface area contributed by atoms with E-state index in [0.29, 0.717) is 11.4 Å². The zero-order valence-corrected chi connectivity index (χ0v) is 29.7. The molecule has 0 bridgehead atoms. The first-order chi connectivity index (χ1) is 27.7. The molecule has 4 aromatic heterocycles. The summed E-state index contributed by atoms with van der Waals surface area (Å²) in [6.07, 6.45) is 0. The number of benzene rings is 8. The molecule has 258 valence electrons. The fraction of sp³-hybridized carbons (Fsp3) is 0. The van der Waals surface area contributed by atoms with Crippen molar-refractivity contribution < 1.29 is 4.42 Å². The maximum absolute atomic E-state index is 7.83. The number of nitrogens with zero attached hydrogens (tertiary/aromatic N) is 5. The predicted molar refractivity (Wildman–Crippen MR) is 229 cm³/mol. The Balaban J connectivity index is 1.12. The molecule has 4 heterocycles. The number of hydrogen-bond donors (Lipinski definition) is 0. The smallest absolute Gasteiger partial charge is 0.188 e. The average molecular weight is 714 g/mol. The van der Waals surface area contributed by atoms with Crippen molar-refractivity contribution in [1.29, 1.82) is 0 Å². The number of rotatable bonds is 3. The number of para-hydroxylation sites is 3. The van der Waals surface area contributed by atoms with Crippen LogP contribution < -0.4 is 0 Å². The molecule has 12 aromatic rings. The van der Waals surface area contributed by atoms with Crippen molar-refractivity contribution in [1.82, 2.24) is 13.7 Å². The van der Waals surface area contributed by atoms with Gasteiger partial charge in [0.25, 0.3) is 0 Å². The molecular formula is C50H27N5O. The molecule has 0 unspecified atom stereocenters. The van der Waals surface area contributed by atoms with Crippen molar-refractivity contribution in [2.45, 2.75) is 0 Å². The van der Waals surface area contributed by atoms with Gasteiger partial charge in [-0.3, -0.25) is 0 Å². The Morgan fingerprint density at radius 1 is 0.357 bits per heavy atom. The van der Waals surface area contributed by atoms with Crippen LogP contribution in [0.3, 0.4) is 0 Å². The van der Waals surface area contributed by atoms with Crippen molar-refractivity contribution in [3.8, 4) is 17.1 Å². The highest BCUT2D eigenvalue weighted by Crippen LogP contribution is 2.44. The van der Waals surface area contributed by atoms with Gasteiger partial charge in [0.05, 0.1) is 46.2 Å². The van der Waals surface area contributed by atoms with Crippen LogP contribution in [0, 0.1) is 13.1 Å². The van der Waals surface area contributed by atoms with E-state index in [9.17, 15) is 0 Å². The Bertz CT molecular complexity index is 3730. The highest BCUT2D eigenvalue weighted by molar-refractivity contribution is 6.26. The minimum Gasteiger partial charge on any atom is -0.456 e. The molecule has 0 saturated heterocycles. The van der Waals surface area contributed by atoms with E-state index in [4.69, 9.17) is 17.6 Å². The first-order valence-electron chi connectivity index (χ1n) is 18.5. The van der Waals surface area contributed by atoms with Gasteiger partial charge in [0.1, 0.15) is 11.2 Å². The van der Waals surface area contributed by atoms with E-state index in [-0.39, 0.29) is 0 Å². The minimum atomic E-state index is 0.613. The number of hydrogen-bond acceptors (Lipinski definition) is 1. The molecule has 0 aliphatic heterocycles. The second kappa shape index (κ2) is 11.2. The normalized spacial score (nSPS) is 11.9. The van der Waals surface area contributed by atoms with Crippen LogP contribution >= 0.6 is 0 Å². The summed E-state index contributed by atoms with van der Waals surface area (Å²) in [5.74, 6) is 0. The van der Waals surface area contributed by atoms with Gasteiger partial charge < -0.3 is 18.1 Å². The van der Waals surface area contributed by atoms with Gasteiger partial charge in [-0.15, -0.1) is 0 Å². The van der Waals surface area contributed by atoms with Crippen LogP contribution in [0.5, 0.6) is 0 Å². The molecule has 0 atom stereocenters. The lowest BCUT2D eigenvalue weighted by Gasteiger charge is -2.10. The molecule has 0 spiro atoms. The largest absolute Gasteiger partial charge is 0.456 e. The van der Waals surface area contributed by atoms with Gasteiger partial charge in [0, 0.05) is 55.4 Å². The van der Waals surface area contributed by atoms with Crippen molar-refractivity contribution in [3.05, 3.63) is 187 Å². The zero-order chi connectivity index (χ0) is 37.1. The van der Waals surface area contributed by atoms with E-state index < -0.39 is 0 Å². The predicted octanol–water partition coefficient (Wildman–Crippen LogP) is 14.0. The van der Waals surface area contributed by atoms with Crippen LogP contribution in [-0.2, 0) is 0 Å².